The van der Waals surface area contributed by atoms with E-state index in [0.717, 1.165) is 16.8 Å². The van der Waals surface area contributed by atoms with Crippen LogP contribution in [0.1, 0.15) is 17.0 Å². The Morgan fingerprint density at radius 2 is 1.97 bits per heavy atom. The molecule has 176 valence electrons. The number of halogens is 5. The number of nitrogens with one attached hydrogen (secondary N) is 2. The molecule has 0 aliphatic carbocycles. The monoisotopic (exact) mass is 486 g/mol. The van der Waals surface area contributed by atoms with Crippen LogP contribution in [0.25, 0.3) is 5.69 Å². The van der Waals surface area contributed by atoms with E-state index >= 15 is 0 Å². The molecule has 0 bridgehead atoms. The molecule has 0 aliphatic rings. The maximum Gasteiger partial charge on any atom is 0.435 e. The molecule has 0 spiro atoms. The number of alkyl halides is 3. The lowest BCUT2D eigenvalue weighted by Crippen LogP contribution is -2.29. The summed E-state index contributed by atoms with van der Waals surface area (Å²) in [4.78, 5) is 12.2. The van der Waals surface area contributed by atoms with Gasteiger partial charge in [0.25, 0.3) is 0 Å². The summed E-state index contributed by atoms with van der Waals surface area (Å²) < 4.78 is 59.7. The Labute approximate surface area is 190 Å². The summed E-state index contributed by atoms with van der Waals surface area (Å²) in [7, 11) is 0. The van der Waals surface area contributed by atoms with E-state index in [1.165, 1.54) is 24.3 Å². The quantitative estimate of drug-likeness (QED) is 0.323. The average molecular weight is 487 g/mol. The molecule has 7 nitrogen and oxygen atoms in total. The first-order valence-electron chi connectivity index (χ1n) is 9.61. The van der Waals surface area contributed by atoms with Crippen LogP contribution in [0.5, 0.6) is 0 Å². The second kappa shape index (κ2) is 10.6. The number of aliphatic hydroxyl groups is 1. The average Bonchev–Trinajstić information content (AvgIpc) is 3.19. The maximum absolute atomic E-state index is 14.1. The van der Waals surface area contributed by atoms with Crippen molar-refractivity contribution in [2.45, 2.75) is 19.3 Å². The third-order valence-corrected chi connectivity index (χ3v) is 4.60. The number of hydrogen-bond donors (Lipinski definition) is 3. The molecule has 0 radical (unpaired) electrons. The first-order valence-corrected chi connectivity index (χ1v) is 9.99. The number of aliphatic hydroxyl groups excluding tert-OH is 1. The van der Waals surface area contributed by atoms with Gasteiger partial charge in [-0.05, 0) is 36.4 Å². The van der Waals surface area contributed by atoms with Crippen molar-refractivity contribution in [3.8, 4) is 5.69 Å². The lowest BCUT2D eigenvalue weighted by molar-refractivity contribution is -0.141. The van der Waals surface area contributed by atoms with Crippen LogP contribution in [-0.2, 0) is 24.1 Å². The Morgan fingerprint density at radius 1 is 1.18 bits per heavy atom. The number of aromatic nitrogens is 2. The van der Waals surface area contributed by atoms with Gasteiger partial charge in [0.1, 0.15) is 5.82 Å². The van der Waals surface area contributed by atoms with Gasteiger partial charge in [0.15, 0.2) is 5.69 Å². The molecule has 0 saturated carbocycles. The lowest BCUT2D eigenvalue weighted by atomic mass is 10.2. The Hall–Kier alpha value is -3.15. The molecular formula is C21H19ClF4N4O3. The molecule has 3 N–H and O–H groups in total. The molecule has 33 heavy (non-hydrogen) atoms. The van der Waals surface area contributed by atoms with Crippen LogP contribution in [0.2, 0.25) is 5.02 Å². The topological polar surface area (TPSA) is 88.4 Å². The van der Waals surface area contributed by atoms with Gasteiger partial charge in [-0.25, -0.2) is 13.9 Å². The Kier molecular flexibility index (Phi) is 7.90. The predicted octanol–water partition coefficient (Wildman–Crippen LogP) is 4.51. The first kappa shape index (κ1) is 24.5. The Bertz CT molecular complexity index is 1120. The minimum Gasteiger partial charge on any atom is -0.394 e. The number of carbonyl (C=O) groups is 1. The standard InChI is InChI=1S/C21H19ClF4N4O3/c22-14-2-1-3-16(8-14)30-17(10-19(29-30)21(24,25)26)11-27-20(32)28-15-5-4-13(18(23)9-15)12-33-7-6-31/h1-5,8-10,31H,6-7,11-12H2,(H2,27,28,32). The van der Waals surface area contributed by atoms with Crippen molar-refractivity contribution in [1.29, 1.82) is 0 Å². The van der Waals surface area contributed by atoms with Gasteiger partial charge in [-0.1, -0.05) is 23.7 Å². The molecule has 12 heteroatoms. The van der Waals surface area contributed by atoms with E-state index < -0.39 is 23.7 Å². The van der Waals surface area contributed by atoms with Crippen molar-refractivity contribution < 1.29 is 32.2 Å². The van der Waals surface area contributed by atoms with Crippen LogP contribution in [0.3, 0.4) is 0 Å². The van der Waals surface area contributed by atoms with E-state index in [2.05, 4.69) is 15.7 Å². The van der Waals surface area contributed by atoms with Gasteiger partial charge in [-0.2, -0.15) is 18.3 Å². The molecule has 0 atom stereocenters. The molecule has 0 fully saturated rings. The second-order valence-corrected chi connectivity index (χ2v) is 7.24. The van der Waals surface area contributed by atoms with Crippen molar-refractivity contribution in [3.05, 3.63) is 76.3 Å². The number of carbonyl (C=O) groups excluding carboxylic acids is 1. The molecule has 0 aliphatic heterocycles. The van der Waals surface area contributed by atoms with Gasteiger partial charge in [0.05, 0.1) is 37.7 Å². The summed E-state index contributed by atoms with van der Waals surface area (Å²) in [6.07, 6.45) is -4.68. The maximum atomic E-state index is 14.1. The number of rotatable bonds is 8. The van der Waals surface area contributed by atoms with Crippen LogP contribution in [0.15, 0.2) is 48.5 Å². The fourth-order valence-electron chi connectivity index (χ4n) is 2.85. The lowest BCUT2D eigenvalue weighted by Gasteiger charge is -2.11. The number of amides is 2. The summed E-state index contributed by atoms with van der Waals surface area (Å²) in [5, 5.41) is 17.4. The molecule has 0 unspecified atom stereocenters. The summed E-state index contributed by atoms with van der Waals surface area (Å²) in [5.74, 6) is -0.625. The third-order valence-electron chi connectivity index (χ3n) is 4.36. The second-order valence-electron chi connectivity index (χ2n) is 6.80. The van der Waals surface area contributed by atoms with E-state index in [-0.39, 0.29) is 49.0 Å². The smallest absolute Gasteiger partial charge is 0.394 e. The first-order chi connectivity index (χ1) is 15.7. The van der Waals surface area contributed by atoms with E-state index in [1.807, 2.05) is 0 Å². The van der Waals surface area contributed by atoms with Crippen LogP contribution < -0.4 is 10.6 Å². The Balaban J connectivity index is 1.69. The predicted molar refractivity (Wildman–Crippen MR) is 113 cm³/mol. The highest BCUT2D eigenvalue weighted by atomic mass is 35.5. The normalized spacial score (nSPS) is 11.5. The minimum absolute atomic E-state index is 0.0477. The van der Waals surface area contributed by atoms with Crippen LogP contribution in [0.4, 0.5) is 28.0 Å². The molecular weight excluding hydrogens is 468 g/mol. The van der Waals surface area contributed by atoms with Crippen molar-refractivity contribution in [3.63, 3.8) is 0 Å². The van der Waals surface area contributed by atoms with Crippen molar-refractivity contribution in [2.75, 3.05) is 18.5 Å². The number of benzene rings is 2. The number of anilines is 1. The van der Waals surface area contributed by atoms with Crippen molar-refractivity contribution >= 4 is 23.3 Å². The van der Waals surface area contributed by atoms with Crippen LogP contribution in [0, 0.1) is 5.82 Å². The zero-order valence-electron chi connectivity index (χ0n) is 17.0. The summed E-state index contributed by atoms with van der Waals surface area (Å²) in [6.45, 7) is -0.476. The van der Waals surface area contributed by atoms with Crippen LogP contribution in [-0.4, -0.2) is 34.1 Å². The zero-order chi connectivity index (χ0) is 24.0. The summed E-state index contributed by atoms with van der Waals surface area (Å²) in [6, 6.07) is 10.1. The van der Waals surface area contributed by atoms with Gasteiger partial charge < -0.3 is 20.5 Å². The summed E-state index contributed by atoms with van der Waals surface area (Å²) in [5.41, 5.74) is -0.408. The SMILES string of the molecule is O=C(NCc1cc(C(F)(F)F)nn1-c1cccc(Cl)c1)Nc1ccc(COCCO)c(F)c1. The zero-order valence-corrected chi connectivity index (χ0v) is 17.8. The number of hydrogen-bond acceptors (Lipinski definition) is 4. The van der Waals surface area contributed by atoms with E-state index in [9.17, 15) is 22.4 Å². The molecule has 0 saturated heterocycles. The van der Waals surface area contributed by atoms with Gasteiger partial charge in [0, 0.05) is 16.3 Å². The van der Waals surface area contributed by atoms with Gasteiger partial charge in [-0.3, -0.25) is 0 Å². The van der Waals surface area contributed by atoms with E-state index in [1.54, 1.807) is 12.1 Å². The number of urea groups is 1. The molecule has 3 rings (SSSR count). The molecule has 1 aromatic heterocycles. The molecule has 1 heterocycles. The van der Waals surface area contributed by atoms with Crippen molar-refractivity contribution in [1.82, 2.24) is 15.1 Å². The fourth-order valence-corrected chi connectivity index (χ4v) is 3.04. The van der Waals surface area contributed by atoms with Gasteiger partial charge >= 0.3 is 12.2 Å². The van der Waals surface area contributed by atoms with Crippen LogP contribution >= 0.6 is 11.6 Å². The van der Waals surface area contributed by atoms with Crippen molar-refractivity contribution in [2.24, 2.45) is 0 Å². The van der Waals surface area contributed by atoms with E-state index in [4.69, 9.17) is 21.4 Å². The summed E-state index contributed by atoms with van der Waals surface area (Å²) >= 11 is 5.93. The number of ether oxygens (including phenoxy) is 1. The fraction of sp³-hybridized carbons (Fsp3) is 0.238. The molecule has 3 aromatic rings. The highest BCUT2D eigenvalue weighted by molar-refractivity contribution is 6.30. The highest BCUT2D eigenvalue weighted by Gasteiger charge is 2.35. The highest BCUT2D eigenvalue weighted by Crippen LogP contribution is 2.30. The number of nitrogens with zero attached hydrogens (tertiary/aromatic N) is 2. The third kappa shape index (κ3) is 6.67. The Morgan fingerprint density at radius 3 is 2.64 bits per heavy atom. The molecule has 2 amide bonds. The largest absolute Gasteiger partial charge is 0.435 e. The van der Waals surface area contributed by atoms with Gasteiger partial charge in [0.2, 0.25) is 0 Å². The minimum atomic E-state index is -4.68. The van der Waals surface area contributed by atoms with Gasteiger partial charge in [-0.15, -0.1) is 0 Å². The molecule has 2 aromatic carbocycles. The van der Waals surface area contributed by atoms with E-state index in [0.29, 0.717) is 5.02 Å².